The van der Waals surface area contributed by atoms with Crippen molar-refractivity contribution in [3.05, 3.63) is 47.5 Å². The van der Waals surface area contributed by atoms with E-state index in [4.69, 9.17) is 0 Å². The Kier molecular flexibility index (Phi) is 5.70. The standard InChI is InChI=1S/C21H30N6/c1-22-21(23-16-20-25-24-19-9-5-6-12-27(19)20)26-13-10-18(11-14-26)15-17-7-3-2-4-8-17/h2-4,7-8,18H,5-6,9-16H2,1H3,(H,22,23). The first-order valence-corrected chi connectivity index (χ1v) is 10.2. The van der Waals surface area contributed by atoms with Gasteiger partial charge in [-0.15, -0.1) is 10.2 Å². The average Bonchev–Trinajstić information content (AvgIpc) is 3.14. The minimum atomic E-state index is 0.698. The fraction of sp³-hybridized carbons (Fsp3) is 0.571. The van der Waals surface area contributed by atoms with Gasteiger partial charge in [0.05, 0.1) is 6.54 Å². The molecule has 0 atom stereocenters. The van der Waals surface area contributed by atoms with E-state index in [1.54, 1.807) is 0 Å². The Hall–Kier alpha value is -2.37. The van der Waals surface area contributed by atoms with Gasteiger partial charge in [0.2, 0.25) is 0 Å². The molecular formula is C21H30N6. The van der Waals surface area contributed by atoms with Crippen LogP contribution >= 0.6 is 0 Å². The van der Waals surface area contributed by atoms with Crippen molar-refractivity contribution < 1.29 is 0 Å². The van der Waals surface area contributed by atoms with Crippen LogP contribution < -0.4 is 5.32 Å². The summed E-state index contributed by atoms with van der Waals surface area (Å²) in [4.78, 5) is 6.89. The van der Waals surface area contributed by atoms with E-state index in [9.17, 15) is 0 Å². The summed E-state index contributed by atoms with van der Waals surface area (Å²) in [6.07, 6.45) is 7.13. The molecule has 0 unspecified atom stereocenters. The van der Waals surface area contributed by atoms with Gasteiger partial charge in [0.1, 0.15) is 5.82 Å². The number of nitrogens with zero attached hydrogens (tertiary/aromatic N) is 5. The first-order valence-electron chi connectivity index (χ1n) is 10.2. The van der Waals surface area contributed by atoms with Gasteiger partial charge in [0, 0.05) is 33.1 Å². The summed E-state index contributed by atoms with van der Waals surface area (Å²) >= 11 is 0. The summed E-state index contributed by atoms with van der Waals surface area (Å²) in [5.41, 5.74) is 1.45. The second-order valence-electron chi connectivity index (χ2n) is 7.66. The van der Waals surface area contributed by atoms with Crippen LogP contribution in [-0.2, 0) is 25.9 Å². The number of likely N-dealkylation sites (tertiary alicyclic amines) is 1. The maximum Gasteiger partial charge on any atom is 0.194 e. The predicted molar refractivity (Wildman–Crippen MR) is 108 cm³/mol. The summed E-state index contributed by atoms with van der Waals surface area (Å²) in [6.45, 7) is 3.87. The normalized spacial score (nSPS) is 18.4. The van der Waals surface area contributed by atoms with Crippen molar-refractivity contribution in [1.82, 2.24) is 25.0 Å². The molecule has 6 heteroatoms. The van der Waals surface area contributed by atoms with E-state index in [0.29, 0.717) is 6.54 Å². The molecule has 0 amide bonds. The fourth-order valence-corrected chi connectivity index (χ4v) is 4.29. The van der Waals surface area contributed by atoms with Gasteiger partial charge in [-0.3, -0.25) is 4.99 Å². The van der Waals surface area contributed by atoms with Crippen LogP contribution in [0, 0.1) is 5.92 Å². The highest BCUT2D eigenvalue weighted by Crippen LogP contribution is 2.22. The van der Waals surface area contributed by atoms with E-state index >= 15 is 0 Å². The molecule has 27 heavy (non-hydrogen) atoms. The number of fused-ring (bicyclic) bond motifs is 1. The Bertz CT molecular complexity index is 758. The maximum atomic E-state index is 4.51. The number of rotatable bonds is 4. The minimum Gasteiger partial charge on any atom is -0.349 e. The van der Waals surface area contributed by atoms with Crippen molar-refractivity contribution in [2.24, 2.45) is 10.9 Å². The second-order valence-corrected chi connectivity index (χ2v) is 7.66. The third-order valence-corrected chi connectivity index (χ3v) is 5.83. The average molecular weight is 367 g/mol. The van der Waals surface area contributed by atoms with Crippen LogP contribution in [-0.4, -0.2) is 45.8 Å². The van der Waals surface area contributed by atoms with Crippen LogP contribution in [0.15, 0.2) is 35.3 Å². The van der Waals surface area contributed by atoms with E-state index in [2.05, 4.69) is 60.3 Å². The van der Waals surface area contributed by atoms with Crippen LogP contribution in [0.25, 0.3) is 0 Å². The molecule has 0 spiro atoms. The highest BCUT2D eigenvalue weighted by molar-refractivity contribution is 5.79. The Morgan fingerprint density at radius 3 is 2.70 bits per heavy atom. The topological polar surface area (TPSA) is 58.3 Å². The molecule has 0 bridgehead atoms. The number of piperidine rings is 1. The lowest BCUT2D eigenvalue weighted by molar-refractivity contribution is 0.258. The number of aromatic nitrogens is 3. The fourth-order valence-electron chi connectivity index (χ4n) is 4.29. The predicted octanol–water partition coefficient (Wildman–Crippen LogP) is 2.64. The molecule has 1 aromatic heterocycles. The second kappa shape index (κ2) is 8.55. The summed E-state index contributed by atoms with van der Waals surface area (Å²) in [5.74, 6) is 3.92. The number of benzene rings is 1. The molecule has 3 heterocycles. The Morgan fingerprint density at radius 1 is 1.11 bits per heavy atom. The van der Waals surface area contributed by atoms with Gasteiger partial charge in [-0.1, -0.05) is 30.3 Å². The quantitative estimate of drug-likeness (QED) is 0.668. The minimum absolute atomic E-state index is 0.698. The van der Waals surface area contributed by atoms with Crippen molar-refractivity contribution in [2.45, 2.75) is 51.6 Å². The van der Waals surface area contributed by atoms with E-state index in [-0.39, 0.29) is 0 Å². The monoisotopic (exact) mass is 366 g/mol. The van der Waals surface area contributed by atoms with Crippen LogP contribution in [0.1, 0.15) is 42.9 Å². The summed E-state index contributed by atoms with van der Waals surface area (Å²) in [6, 6.07) is 10.9. The number of aliphatic imine (C=N–C) groups is 1. The number of hydrogen-bond acceptors (Lipinski definition) is 3. The van der Waals surface area contributed by atoms with Gasteiger partial charge in [-0.2, -0.15) is 0 Å². The van der Waals surface area contributed by atoms with E-state index in [0.717, 1.165) is 49.6 Å². The first-order chi connectivity index (χ1) is 13.3. The number of hydrogen-bond donors (Lipinski definition) is 1. The molecule has 1 fully saturated rings. The van der Waals surface area contributed by atoms with E-state index in [1.165, 1.54) is 37.7 Å². The molecule has 2 aliphatic heterocycles. The third kappa shape index (κ3) is 4.31. The van der Waals surface area contributed by atoms with Crippen LogP contribution in [0.5, 0.6) is 0 Å². The lowest BCUT2D eigenvalue weighted by Crippen LogP contribution is -2.45. The molecule has 4 rings (SSSR count). The van der Waals surface area contributed by atoms with Gasteiger partial charge in [-0.05, 0) is 43.6 Å². The highest BCUT2D eigenvalue weighted by Gasteiger charge is 2.22. The number of aryl methyl sites for hydroxylation is 1. The zero-order valence-electron chi connectivity index (χ0n) is 16.3. The van der Waals surface area contributed by atoms with Gasteiger partial charge >= 0.3 is 0 Å². The zero-order chi connectivity index (χ0) is 18.5. The zero-order valence-corrected chi connectivity index (χ0v) is 16.3. The molecule has 144 valence electrons. The van der Waals surface area contributed by atoms with Gasteiger partial charge in [-0.25, -0.2) is 0 Å². The summed E-state index contributed by atoms with van der Waals surface area (Å²) in [7, 11) is 1.87. The molecule has 0 saturated carbocycles. The highest BCUT2D eigenvalue weighted by atomic mass is 15.3. The van der Waals surface area contributed by atoms with Crippen molar-refractivity contribution in [3.63, 3.8) is 0 Å². The Morgan fingerprint density at radius 2 is 1.93 bits per heavy atom. The Labute approximate surface area is 161 Å². The molecule has 2 aliphatic rings. The molecule has 2 aromatic rings. The molecular weight excluding hydrogens is 336 g/mol. The van der Waals surface area contributed by atoms with E-state index < -0.39 is 0 Å². The van der Waals surface area contributed by atoms with Crippen molar-refractivity contribution in [2.75, 3.05) is 20.1 Å². The Balaban J connectivity index is 1.29. The molecule has 0 aliphatic carbocycles. The van der Waals surface area contributed by atoms with Gasteiger partial charge < -0.3 is 14.8 Å². The number of guanidine groups is 1. The van der Waals surface area contributed by atoms with Crippen LogP contribution in [0.2, 0.25) is 0 Å². The van der Waals surface area contributed by atoms with E-state index in [1.807, 2.05) is 7.05 Å². The lowest BCUT2D eigenvalue weighted by atomic mass is 9.90. The smallest absolute Gasteiger partial charge is 0.194 e. The largest absolute Gasteiger partial charge is 0.349 e. The van der Waals surface area contributed by atoms with Crippen molar-refractivity contribution in [3.8, 4) is 0 Å². The van der Waals surface area contributed by atoms with Gasteiger partial charge in [0.25, 0.3) is 0 Å². The molecule has 1 saturated heterocycles. The summed E-state index contributed by atoms with van der Waals surface area (Å²) < 4.78 is 2.27. The van der Waals surface area contributed by atoms with Crippen molar-refractivity contribution in [1.29, 1.82) is 0 Å². The summed E-state index contributed by atoms with van der Waals surface area (Å²) in [5, 5.41) is 12.2. The maximum absolute atomic E-state index is 4.51. The SMILES string of the molecule is CN=C(NCc1nnc2n1CCCC2)N1CCC(Cc2ccccc2)CC1. The van der Waals surface area contributed by atoms with Crippen LogP contribution in [0.4, 0.5) is 0 Å². The van der Waals surface area contributed by atoms with Crippen molar-refractivity contribution >= 4 is 5.96 Å². The number of nitrogens with one attached hydrogen (secondary N) is 1. The molecule has 6 nitrogen and oxygen atoms in total. The molecule has 0 radical (unpaired) electrons. The molecule has 1 aromatic carbocycles. The lowest BCUT2D eigenvalue weighted by Gasteiger charge is -2.34. The first kappa shape index (κ1) is 18.0. The third-order valence-electron chi connectivity index (χ3n) is 5.83. The molecule has 1 N–H and O–H groups in total. The van der Waals surface area contributed by atoms with Crippen LogP contribution in [0.3, 0.4) is 0 Å². The van der Waals surface area contributed by atoms with Gasteiger partial charge in [0.15, 0.2) is 11.8 Å².